The monoisotopic (exact) mass is 464 g/mol. The van der Waals surface area contributed by atoms with Crippen molar-refractivity contribution < 1.29 is 10.2 Å². The van der Waals surface area contributed by atoms with Crippen LogP contribution in [0.5, 0.6) is 11.5 Å². The largest absolute Gasteiger partial charge is 0.508 e. The topological polar surface area (TPSA) is 40.5 Å². The van der Waals surface area contributed by atoms with Gasteiger partial charge in [-0.1, -0.05) is 84.9 Å². The fraction of sp³-hybridized carbons (Fsp3) is 0.0588. The SMILES string of the molecule is Oc1ccc2cc(C3(c4ccc5cc(O)ccc5c4)c4ccccc4Cc4ccccc43)ccc2c1. The molecule has 172 valence electrons. The van der Waals surface area contributed by atoms with Crippen molar-refractivity contribution in [3.8, 4) is 11.5 Å². The van der Waals surface area contributed by atoms with Crippen LogP contribution in [0.15, 0.2) is 121 Å². The summed E-state index contributed by atoms with van der Waals surface area (Å²) in [5, 5.41) is 24.3. The Labute approximate surface area is 209 Å². The smallest absolute Gasteiger partial charge is 0.116 e. The molecule has 0 saturated carbocycles. The molecule has 0 fully saturated rings. The quantitative estimate of drug-likeness (QED) is 0.275. The van der Waals surface area contributed by atoms with Crippen LogP contribution in [0, 0.1) is 0 Å². The number of rotatable bonds is 2. The predicted octanol–water partition coefficient (Wildman–Crippen LogP) is 7.69. The molecule has 0 atom stereocenters. The van der Waals surface area contributed by atoms with Crippen LogP contribution in [0.3, 0.4) is 0 Å². The summed E-state index contributed by atoms with van der Waals surface area (Å²) >= 11 is 0. The molecule has 0 saturated heterocycles. The fourth-order valence-electron chi connectivity index (χ4n) is 6.15. The molecule has 0 radical (unpaired) electrons. The summed E-state index contributed by atoms with van der Waals surface area (Å²) in [6, 6.07) is 41.9. The van der Waals surface area contributed by atoms with Gasteiger partial charge in [0, 0.05) is 0 Å². The Balaban J connectivity index is 1.63. The van der Waals surface area contributed by atoms with E-state index in [1.54, 1.807) is 12.1 Å². The molecule has 6 aromatic carbocycles. The van der Waals surface area contributed by atoms with Crippen LogP contribution >= 0.6 is 0 Å². The van der Waals surface area contributed by atoms with Gasteiger partial charge in [0.1, 0.15) is 11.5 Å². The van der Waals surface area contributed by atoms with E-state index in [4.69, 9.17) is 0 Å². The summed E-state index contributed by atoms with van der Waals surface area (Å²) in [5.74, 6) is 0.548. The Kier molecular flexibility index (Phi) is 4.46. The fourth-order valence-corrected chi connectivity index (χ4v) is 6.15. The highest BCUT2D eigenvalue weighted by molar-refractivity contribution is 5.88. The molecule has 2 N–H and O–H groups in total. The first kappa shape index (κ1) is 20.8. The van der Waals surface area contributed by atoms with Gasteiger partial charge in [0.05, 0.1) is 5.41 Å². The lowest BCUT2D eigenvalue weighted by atomic mass is 9.59. The molecular weight excluding hydrogens is 440 g/mol. The number of hydrogen-bond donors (Lipinski definition) is 2. The van der Waals surface area contributed by atoms with E-state index in [1.807, 2.05) is 24.3 Å². The molecule has 0 aromatic heterocycles. The average molecular weight is 465 g/mol. The average Bonchev–Trinajstić information content (AvgIpc) is 2.91. The van der Waals surface area contributed by atoms with Crippen LogP contribution in [0.4, 0.5) is 0 Å². The number of phenols is 2. The lowest BCUT2D eigenvalue weighted by molar-refractivity contribution is 0.475. The summed E-state index contributed by atoms with van der Waals surface area (Å²) in [6.45, 7) is 0. The van der Waals surface area contributed by atoms with E-state index < -0.39 is 5.41 Å². The van der Waals surface area contributed by atoms with Gasteiger partial charge in [-0.3, -0.25) is 0 Å². The highest BCUT2D eigenvalue weighted by Gasteiger charge is 2.43. The van der Waals surface area contributed by atoms with Gasteiger partial charge in [0.25, 0.3) is 0 Å². The third-order valence-electron chi connectivity index (χ3n) is 7.74. The second-order valence-electron chi connectivity index (χ2n) is 9.73. The van der Waals surface area contributed by atoms with Gasteiger partial charge in [-0.05, 0) is 97.7 Å². The molecule has 36 heavy (non-hydrogen) atoms. The van der Waals surface area contributed by atoms with Crippen LogP contribution in [0.2, 0.25) is 0 Å². The number of phenolic OH excluding ortho intramolecular Hbond substituents is 2. The van der Waals surface area contributed by atoms with Crippen molar-refractivity contribution in [2.75, 3.05) is 0 Å². The Hall–Kier alpha value is -4.56. The molecule has 1 aliphatic rings. The molecule has 0 aliphatic heterocycles. The second-order valence-corrected chi connectivity index (χ2v) is 9.73. The molecule has 0 amide bonds. The highest BCUT2D eigenvalue weighted by atomic mass is 16.3. The zero-order chi connectivity index (χ0) is 24.3. The van der Waals surface area contributed by atoms with Gasteiger partial charge in [0.15, 0.2) is 0 Å². The molecule has 1 aliphatic carbocycles. The van der Waals surface area contributed by atoms with Crippen molar-refractivity contribution >= 4 is 21.5 Å². The van der Waals surface area contributed by atoms with E-state index >= 15 is 0 Å². The standard InChI is InChI=1S/C34H24O2/c35-30-15-11-22-18-28(13-9-24(22)20-30)34(29-14-10-25-21-31(36)16-12-23(25)19-29)32-7-3-1-5-26(32)17-27-6-2-4-8-33(27)34/h1-16,18-21,35-36H,17H2. The van der Waals surface area contributed by atoms with Crippen LogP contribution < -0.4 is 0 Å². The predicted molar refractivity (Wildman–Crippen MR) is 146 cm³/mol. The zero-order valence-electron chi connectivity index (χ0n) is 19.6. The van der Waals surface area contributed by atoms with Crippen LogP contribution in [-0.2, 0) is 11.8 Å². The Morgan fingerprint density at radius 2 is 0.861 bits per heavy atom. The van der Waals surface area contributed by atoms with E-state index in [0.717, 1.165) is 28.0 Å². The number of benzene rings is 6. The minimum Gasteiger partial charge on any atom is -0.508 e. The van der Waals surface area contributed by atoms with E-state index in [0.29, 0.717) is 0 Å². The third-order valence-corrected chi connectivity index (χ3v) is 7.74. The van der Waals surface area contributed by atoms with Crippen molar-refractivity contribution in [2.45, 2.75) is 11.8 Å². The van der Waals surface area contributed by atoms with Gasteiger partial charge in [-0.15, -0.1) is 0 Å². The molecule has 6 aromatic rings. The van der Waals surface area contributed by atoms with Crippen molar-refractivity contribution in [2.24, 2.45) is 0 Å². The van der Waals surface area contributed by atoms with Crippen LogP contribution in [0.25, 0.3) is 21.5 Å². The first-order chi connectivity index (χ1) is 17.6. The Bertz CT molecular complexity index is 1660. The second kappa shape index (κ2) is 7.73. The molecule has 0 bridgehead atoms. The number of fused-ring (bicyclic) bond motifs is 4. The van der Waals surface area contributed by atoms with Crippen molar-refractivity contribution in [1.82, 2.24) is 0 Å². The normalized spacial score (nSPS) is 13.9. The molecule has 0 spiro atoms. The lowest BCUT2D eigenvalue weighted by Gasteiger charge is -2.42. The first-order valence-corrected chi connectivity index (χ1v) is 12.3. The van der Waals surface area contributed by atoms with Crippen molar-refractivity contribution in [1.29, 1.82) is 0 Å². The van der Waals surface area contributed by atoms with Gasteiger partial charge >= 0.3 is 0 Å². The summed E-state index contributed by atoms with van der Waals surface area (Å²) in [6.07, 6.45) is 0.900. The molecule has 0 heterocycles. The van der Waals surface area contributed by atoms with Gasteiger partial charge in [-0.25, -0.2) is 0 Å². The summed E-state index contributed by atoms with van der Waals surface area (Å²) in [5.41, 5.74) is 7.11. The van der Waals surface area contributed by atoms with E-state index in [9.17, 15) is 10.2 Å². The lowest BCUT2D eigenvalue weighted by Crippen LogP contribution is -2.36. The summed E-state index contributed by atoms with van der Waals surface area (Å²) in [7, 11) is 0. The molecule has 0 unspecified atom stereocenters. The number of aromatic hydroxyl groups is 2. The van der Waals surface area contributed by atoms with E-state index in [-0.39, 0.29) is 11.5 Å². The van der Waals surface area contributed by atoms with Gasteiger partial charge in [-0.2, -0.15) is 0 Å². The minimum atomic E-state index is -0.510. The number of hydrogen-bond acceptors (Lipinski definition) is 2. The van der Waals surface area contributed by atoms with Crippen molar-refractivity contribution in [3.63, 3.8) is 0 Å². The van der Waals surface area contributed by atoms with E-state index in [2.05, 4.69) is 84.9 Å². The maximum Gasteiger partial charge on any atom is 0.116 e. The molecule has 7 rings (SSSR count). The Morgan fingerprint density at radius 1 is 0.444 bits per heavy atom. The maximum absolute atomic E-state index is 10.0. The summed E-state index contributed by atoms with van der Waals surface area (Å²) < 4.78 is 0. The molecular formula is C34H24O2. The molecule has 2 nitrogen and oxygen atoms in total. The third kappa shape index (κ3) is 2.98. The van der Waals surface area contributed by atoms with Crippen molar-refractivity contribution in [3.05, 3.63) is 155 Å². The first-order valence-electron chi connectivity index (χ1n) is 12.3. The molecule has 2 heteroatoms. The van der Waals surface area contributed by atoms with Gasteiger partial charge in [0.2, 0.25) is 0 Å². The van der Waals surface area contributed by atoms with Crippen LogP contribution in [0.1, 0.15) is 33.4 Å². The Morgan fingerprint density at radius 3 is 1.36 bits per heavy atom. The highest BCUT2D eigenvalue weighted by Crippen LogP contribution is 2.51. The summed E-state index contributed by atoms with van der Waals surface area (Å²) in [4.78, 5) is 0. The van der Waals surface area contributed by atoms with Gasteiger partial charge < -0.3 is 10.2 Å². The minimum absolute atomic E-state index is 0.274. The zero-order valence-corrected chi connectivity index (χ0v) is 19.6. The van der Waals surface area contributed by atoms with E-state index in [1.165, 1.54) is 33.4 Å². The van der Waals surface area contributed by atoms with Crippen LogP contribution in [-0.4, -0.2) is 10.2 Å². The maximum atomic E-state index is 10.0.